The number of rotatable bonds is 5. The highest BCUT2D eigenvalue weighted by molar-refractivity contribution is 5.78. The van der Waals surface area contributed by atoms with E-state index in [1.807, 2.05) is 0 Å². The molecule has 1 heterocycles. The van der Waals surface area contributed by atoms with Gasteiger partial charge >= 0.3 is 0 Å². The zero-order valence-corrected chi connectivity index (χ0v) is 10.8. The second kappa shape index (κ2) is 6.86. The Morgan fingerprint density at radius 2 is 2.25 bits per heavy atom. The molecular formula is C12H25N3O. The van der Waals surface area contributed by atoms with Crippen LogP contribution >= 0.6 is 0 Å². The number of hydrogen-bond acceptors (Lipinski definition) is 3. The number of nitrogens with one attached hydrogen (secondary N) is 2. The largest absolute Gasteiger partial charge is 0.352 e. The molecule has 16 heavy (non-hydrogen) atoms. The molecule has 0 saturated carbocycles. The highest BCUT2D eigenvalue weighted by Gasteiger charge is 2.24. The minimum Gasteiger partial charge on any atom is -0.352 e. The molecule has 0 spiro atoms. The molecule has 1 fully saturated rings. The maximum absolute atomic E-state index is 11.6. The zero-order chi connectivity index (χ0) is 12.0. The van der Waals surface area contributed by atoms with Gasteiger partial charge in [-0.2, -0.15) is 0 Å². The fourth-order valence-corrected chi connectivity index (χ4v) is 2.21. The van der Waals surface area contributed by atoms with Crippen molar-refractivity contribution >= 4 is 5.91 Å². The molecule has 1 rings (SSSR count). The molecular weight excluding hydrogens is 202 g/mol. The average Bonchev–Trinajstić information content (AvgIpc) is 2.23. The lowest BCUT2D eigenvalue weighted by Crippen LogP contribution is -2.50. The van der Waals surface area contributed by atoms with E-state index in [0.29, 0.717) is 18.5 Å². The molecule has 2 unspecified atom stereocenters. The molecule has 0 aromatic heterocycles. The summed E-state index contributed by atoms with van der Waals surface area (Å²) in [5, 5.41) is 6.25. The van der Waals surface area contributed by atoms with Crippen molar-refractivity contribution in [2.75, 3.05) is 33.2 Å². The Morgan fingerprint density at radius 3 is 2.88 bits per heavy atom. The Labute approximate surface area is 98.8 Å². The Hall–Kier alpha value is -0.610. The first kappa shape index (κ1) is 13.5. The van der Waals surface area contributed by atoms with Gasteiger partial charge < -0.3 is 15.5 Å². The van der Waals surface area contributed by atoms with Crippen LogP contribution in [-0.4, -0.2) is 50.1 Å². The molecule has 0 bridgehead atoms. The van der Waals surface area contributed by atoms with Gasteiger partial charge in [-0.25, -0.2) is 0 Å². The van der Waals surface area contributed by atoms with Crippen LogP contribution in [0.1, 0.15) is 26.7 Å². The van der Waals surface area contributed by atoms with Crippen LogP contribution in [0.4, 0.5) is 0 Å². The smallest absolute Gasteiger partial charge is 0.234 e. The molecule has 0 aliphatic carbocycles. The summed E-state index contributed by atoms with van der Waals surface area (Å²) in [7, 11) is 2.14. The summed E-state index contributed by atoms with van der Waals surface area (Å²) in [4.78, 5) is 13.9. The summed E-state index contributed by atoms with van der Waals surface area (Å²) in [6.45, 7) is 7.83. The van der Waals surface area contributed by atoms with Crippen LogP contribution in [0.25, 0.3) is 0 Å². The van der Waals surface area contributed by atoms with Crippen molar-refractivity contribution in [3.63, 3.8) is 0 Å². The van der Waals surface area contributed by atoms with E-state index in [1.54, 1.807) is 0 Å². The average molecular weight is 227 g/mol. The summed E-state index contributed by atoms with van der Waals surface area (Å²) in [5.74, 6) is 0.684. The third-order valence-electron chi connectivity index (χ3n) is 3.17. The van der Waals surface area contributed by atoms with E-state index in [9.17, 15) is 4.79 Å². The second-order valence-electron chi connectivity index (χ2n) is 4.88. The number of hydrogen-bond donors (Lipinski definition) is 2. The third kappa shape index (κ3) is 4.49. The summed E-state index contributed by atoms with van der Waals surface area (Å²) in [6, 6.07) is 0.354. The van der Waals surface area contributed by atoms with Gasteiger partial charge in [0.25, 0.3) is 0 Å². The quantitative estimate of drug-likeness (QED) is 0.670. The van der Waals surface area contributed by atoms with Gasteiger partial charge in [0.05, 0.1) is 6.54 Å². The lowest BCUT2D eigenvalue weighted by atomic mass is 9.94. The number of amides is 1. The number of likely N-dealkylation sites (tertiary alicyclic amines) is 1. The molecule has 1 aliphatic heterocycles. The highest BCUT2D eigenvalue weighted by atomic mass is 16.2. The van der Waals surface area contributed by atoms with Gasteiger partial charge in [0, 0.05) is 12.6 Å². The molecule has 4 heteroatoms. The van der Waals surface area contributed by atoms with Crippen LogP contribution in [0.2, 0.25) is 0 Å². The van der Waals surface area contributed by atoms with Crippen LogP contribution < -0.4 is 10.6 Å². The van der Waals surface area contributed by atoms with Gasteiger partial charge in [-0.05, 0) is 38.9 Å². The standard InChI is InChI=1S/C12H25N3O/c1-4-6-13-8-12(16)14-11-5-7-15(3)9-10(11)2/h10-11,13H,4-9H2,1-3H3,(H,14,16). The first-order chi connectivity index (χ1) is 7.63. The maximum atomic E-state index is 11.6. The number of carbonyl (C=O) groups excluding carboxylic acids is 1. The first-order valence-corrected chi connectivity index (χ1v) is 6.32. The molecule has 1 aliphatic rings. The maximum Gasteiger partial charge on any atom is 0.234 e. The van der Waals surface area contributed by atoms with Crippen LogP contribution in [0.3, 0.4) is 0 Å². The highest BCUT2D eigenvalue weighted by Crippen LogP contribution is 2.14. The van der Waals surface area contributed by atoms with E-state index in [2.05, 4.69) is 36.4 Å². The Kier molecular flexibility index (Phi) is 5.77. The van der Waals surface area contributed by atoms with E-state index in [0.717, 1.165) is 32.5 Å². The van der Waals surface area contributed by atoms with E-state index in [-0.39, 0.29) is 5.91 Å². The van der Waals surface area contributed by atoms with Crippen molar-refractivity contribution < 1.29 is 4.79 Å². The summed E-state index contributed by atoms with van der Waals surface area (Å²) in [6.07, 6.45) is 2.13. The SMILES string of the molecule is CCCNCC(=O)NC1CCN(C)CC1C. The Bertz CT molecular complexity index is 220. The molecule has 0 aromatic rings. The van der Waals surface area contributed by atoms with Crippen molar-refractivity contribution in [2.45, 2.75) is 32.7 Å². The number of piperidine rings is 1. The van der Waals surface area contributed by atoms with Crippen LogP contribution in [0.15, 0.2) is 0 Å². The van der Waals surface area contributed by atoms with Crippen molar-refractivity contribution in [3.8, 4) is 0 Å². The lowest BCUT2D eigenvalue weighted by Gasteiger charge is -2.35. The molecule has 0 radical (unpaired) electrons. The van der Waals surface area contributed by atoms with Gasteiger partial charge in [-0.3, -0.25) is 4.79 Å². The molecule has 2 atom stereocenters. The van der Waals surface area contributed by atoms with Crippen molar-refractivity contribution in [3.05, 3.63) is 0 Å². The van der Waals surface area contributed by atoms with Crippen LogP contribution in [-0.2, 0) is 4.79 Å². The molecule has 0 aromatic carbocycles. The minimum atomic E-state index is 0.134. The van der Waals surface area contributed by atoms with Gasteiger partial charge in [-0.15, -0.1) is 0 Å². The topological polar surface area (TPSA) is 44.4 Å². The lowest BCUT2D eigenvalue weighted by molar-refractivity contribution is -0.121. The van der Waals surface area contributed by atoms with Crippen molar-refractivity contribution in [1.82, 2.24) is 15.5 Å². The number of nitrogens with zero attached hydrogens (tertiary/aromatic N) is 1. The van der Waals surface area contributed by atoms with Crippen molar-refractivity contribution in [2.24, 2.45) is 5.92 Å². The molecule has 94 valence electrons. The molecule has 2 N–H and O–H groups in total. The fourth-order valence-electron chi connectivity index (χ4n) is 2.21. The minimum absolute atomic E-state index is 0.134. The first-order valence-electron chi connectivity index (χ1n) is 6.32. The number of carbonyl (C=O) groups is 1. The van der Waals surface area contributed by atoms with E-state index in [1.165, 1.54) is 0 Å². The third-order valence-corrected chi connectivity index (χ3v) is 3.17. The predicted octanol–water partition coefficient (Wildman–Crippen LogP) is 0.442. The summed E-state index contributed by atoms with van der Waals surface area (Å²) >= 11 is 0. The molecule has 1 saturated heterocycles. The van der Waals surface area contributed by atoms with Crippen molar-refractivity contribution in [1.29, 1.82) is 0 Å². The van der Waals surface area contributed by atoms with Gasteiger partial charge in [-0.1, -0.05) is 13.8 Å². The van der Waals surface area contributed by atoms with Gasteiger partial charge in [0.15, 0.2) is 0 Å². The van der Waals surface area contributed by atoms with Crippen LogP contribution in [0.5, 0.6) is 0 Å². The van der Waals surface area contributed by atoms with E-state index >= 15 is 0 Å². The van der Waals surface area contributed by atoms with Gasteiger partial charge in [0.1, 0.15) is 0 Å². The van der Waals surface area contributed by atoms with Crippen LogP contribution in [0, 0.1) is 5.92 Å². The Morgan fingerprint density at radius 1 is 1.50 bits per heavy atom. The zero-order valence-electron chi connectivity index (χ0n) is 10.8. The summed E-state index contributed by atoms with van der Waals surface area (Å²) < 4.78 is 0. The monoisotopic (exact) mass is 227 g/mol. The second-order valence-corrected chi connectivity index (χ2v) is 4.88. The molecule has 1 amide bonds. The molecule has 4 nitrogen and oxygen atoms in total. The predicted molar refractivity (Wildman–Crippen MR) is 66.4 cm³/mol. The van der Waals surface area contributed by atoms with E-state index in [4.69, 9.17) is 0 Å². The van der Waals surface area contributed by atoms with E-state index < -0.39 is 0 Å². The Balaban J connectivity index is 2.22. The fraction of sp³-hybridized carbons (Fsp3) is 0.917. The summed E-state index contributed by atoms with van der Waals surface area (Å²) in [5.41, 5.74) is 0. The normalized spacial score (nSPS) is 26.7. The van der Waals surface area contributed by atoms with Gasteiger partial charge in [0.2, 0.25) is 5.91 Å².